The fourth-order valence-corrected chi connectivity index (χ4v) is 2.93. The minimum atomic E-state index is -0.882. The van der Waals surface area contributed by atoms with Crippen LogP contribution in [-0.2, 0) is 4.79 Å². The third-order valence-corrected chi connectivity index (χ3v) is 3.84. The van der Waals surface area contributed by atoms with Crippen molar-refractivity contribution in [2.75, 3.05) is 6.54 Å². The number of carboxylic acid groups (broad SMARTS) is 1. The smallest absolute Gasteiger partial charge is 0.305 e. The van der Waals surface area contributed by atoms with Crippen molar-refractivity contribution < 1.29 is 14.7 Å². The first-order valence-corrected chi connectivity index (χ1v) is 6.78. The Hall–Kier alpha value is -1.36. The molecule has 1 N–H and O–H groups in total. The molecule has 1 rings (SSSR count). The van der Waals surface area contributed by atoms with Crippen LogP contribution < -0.4 is 0 Å². The van der Waals surface area contributed by atoms with Gasteiger partial charge in [-0.25, -0.2) is 0 Å². The van der Waals surface area contributed by atoms with Crippen LogP contribution in [0.2, 0.25) is 0 Å². The van der Waals surface area contributed by atoms with Gasteiger partial charge in [0.15, 0.2) is 0 Å². The van der Waals surface area contributed by atoms with Crippen molar-refractivity contribution in [2.24, 2.45) is 0 Å². The van der Waals surface area contributed by atoms with Crippen molar-refractivity contribution in [2.45, 2.75) is 40.2 Å². The van der Waals surface area contributed by atoms with Crippen molar-refractivity contribution >= 4 is 23.2 Å². The van der Waals surface area contributed by atoms with E-state index in [2.05, 4.69) is 0 Å². The first-order valence-electron chi connectivity index (χ1n) is 5.96. The van der Waals surface area contributed by atoms with E-state index in [1.165, 1.54) is 0 Å². The van der Waals surface area contributed by atoms with Crippen LogP contribution in [0.5, 0.6) is 0 Å². The molecule has 18 heavy (non-hydrogen) atoms. The number of aryl methyl sites for hydroxylation is 2. The highest BCUT2D eigenvalue weighted by Crippen LogP contribution is 2.23. The number of carbonyl (C=O) groups excluding carboxylic acids is 1. The number of nitrogens with zero attached hydrogens (tertiary/aromatic N) is 1. The molecule has 100 valence electrons. The van der Waals surface area contributed by atoms with E-state index in [1.54, 1.807) is 23.2 Å². The molecule has 5 heteroatoms. The lowest BCUT2D eigenvalue weighted by Crippen LogP contribution is -2.39. The van der Waals surface area contributed by atoms with Crippen LogP contribution in [0.15, 0.2) is 6.07 Å². The molecule has 1 atom stereocenters. The van der Waals surface area contributed by atoms with E-state index in [9.17, 15) is 9.59 Å². The maximum absolute atomic E-state index is 12.4. The molecule has 0 bridgehead atoms. The first kappa shape index (κ1) is 14.7. The molecule has 1 heterocycles. The van der Waals surface area contributed by atoms with Crippen molar-refractivity contribution in [3.8, 4) is 0 Å². The van der Waals surface area contributed by atoms with Gasteiger partial charge in [-0.1, -0.05) is 0 Å². The maximum atomic E-state index is 12.4. The van der Waals surface area contributed by atoms with Crippen LogP contribution in [0.25, 0.3) is 0 Å². The van der Waals surface area contributed by atoms with E-state index in [-0.39, 0.29) is 18.4 Å². The van der Waals surface area contributed by atoms with Gasteiger partial charge in [-0.2, -0.15) is 0 Å². The zero-order valence-electron chi connectivity index (χ0n) is 11.2. The molecule has 0 aliphatic heterocycles. The minimum Gasteiger partial charge on any atom is -0.481 e. The molecule has 1 aromatic heterocycles. The summed E-state index contributed by atoms with van der Waals surface area (Å²) in [5, 5.41) is 8.80. The number of amides is 1. The van der Waals surface area contributed by atoms with E-state index in [1.807, 2.05) is 26.8 Å². The van der Waals surface area contributed by atoms with Gasteiger partial charge in [0.05, 0.1) is 12.0 Å². The van der Waals surface area contributed by atoms with Gasteiger partial charge in [-0.15, -0.1) is 11.3 Å². The molecule has 0 saturated heterocycles. The van der Waals surface area contributed by atoms with E-state index in [4.69, 9.17) is 5.11 Å². The molecule has 0 radical (unpaired) electrons. The summed E-state index contributed by atoms with van der Waals surface area (Å²) in [6, 6.07) is 1.58. The van der Waals surface area contributed by atoms with Crippen LogP contribution >= 0.6 is 11.3 Å². The molecule has 0 aliphatic rings. The Morgan fingerprint density at radius 1 is 1.44 bits per heavy atom. The average Bonchev–Trinajstić information content (AvgIpc) is 2.57. The number of rotatable bonds is 5. The van der Waals surface area contributed by atoms with E-state index in [0.29, 0.717) is 12.1 Å². The minimum absolute atomic E-state index is 0.0260. The Morgan fingerprint density at radius 3 is 2.44 bits per heavy atom. The molecule has 0 aromatic carbocycles. The van der Waals surface area contributed by atoms with Crippen molar-refractivity contribution in [3.63, 3.8) is 0 Å². The largest absolute Gasteiger partial charge is 0.481 e. The van der Waals surface area contributed by atoms with E-state index < -0.39 is 5.97 Å². The van der Waals surface area contributed by atoms with Gasteiger partial charge in [0, 0.05) is 22.3 Å². The third-order valence-electron chi connectivity index (χ3n) is 2.88. The highest BCUT2D eigenvalue weighted by atomic mass is 32.1. The quantitative estimate of drug-likeness (QED) is 0.894. The van der Waals surface area contributed by atoms with Gasteiger partial charge in [-0.05, 0) is 33.8 Å². The molecule has 0 spiro atoms. The lowest BCUT2D eigenvalue weighted by atomic mass is 10.1. The fourth-order valence-electron chi connectivity index (χ4n) is 2.02. The number of hydrogen-bond acceptors (Lipinski definition) is 3. The number of hydrogen-bond donors (Lipinski definition) is 1. The second kappa shape index (κ2) is 6.00. The molecular formula is C13H19NO3S. The van der Waals surface area contributed by atoms with Crippen LogP contribution in [0.1, 0.15) is 40.4 Å². The predicted octanol–water partition coefficient (Wildman–Crippen LogP) is 2.69. The number of carbonyl (C=O) groups is 2. The topological polar surface area (TPSA) is 57.6 Å². The second-order valence-electron chi connectivity index (χ2n) is 4.36. The van der Waals surface area contributed by atoms with Crippen molar-refractivity contribution in [1.29, 1.82) is 0 Å². The van der Waals surface area contributed by atoms with Gasteiger partial charge in [-0.3, -0.25) is 9.59 Å². The zero-order valence-corrected chi connectivity index (χ0v) is 12.0. The summed E-state index contributed by atoms with van der Waals surface area (Å²) in [6.07, 6.45) is -0.0260. The first-order chi connectivity index (χ1) is 8.36. The summed E-state index contributed by atoms with van der Waals surface area (Å²) in [5.41, 5.74) is 0.691. The SMILES string of the molecule is CCN(C(=O)c1cc(C)sc1C)C(C)CC(=O)O. The lowest BCUT2D eigenvalue weighted by molar-refractivity contribution is -0.138. The monoisotopic (exact) mass is 269 g/mol. The van der Waals surface area contributed by atoms with Gasteiger partial charge in [0.25, 0.3) is 5.91 Å². The summed E-state index contributed by atoms with van der Waals surface area (Å²) >= 11 is 1.59. The summed E-state index contributed by atoms with van der Waals surface area (Å²) in [4.78, 5) is 26.8. The normalized spacial score (nSPS) is 12.2. The van der Waals surface area contributed by atoms with Crippen molar-refractivity contribution in [3.05, 3.63) is 21.4 Å². The molecule has 0 fully saturated rings. The highest BCUT2D eigenvalue weighted by molar-refractivity contribution is 7.12. The maximum Gasteiger partial charge on any atom is 0.305 e. The Morgan fingerprint density at radius 2 is 2.06 bits per heavy atom. The fraction of sp³-hybridized carbons (Fsp3) is 0.538. The third kappa shape index (κ3) is 3.32. The van der Waals surface area contributed by atoms with E-state index >= 15 is 0 Å². The van der Waals surface area contributed by atoms with Gasteiger partial charge < -0.3 is 10.0 Å². The van der Waals surface area contributed by atoms with Crippen LogP contribution in [0, 0.1) is 13.8 Å². The molecule has 4 nitrogen and oxygen atoms in total. The van der Waals surface area contributed by atoms with E-state index in [0.717, 1.165) is 9.75 Å². The Bertz CT molecular complexity index is 453. The lowest BCUT2D eigenvalue weighted by Gasteiger charge is -2.27. The standard InChI is InChI=1S/C13H19NO3S/c1-5-14(8(2)6-12(15)16)13(17)11-7-9(3)18-10(11)4/h7-8H,5-6H2,1-4H3,(H,15,16). The molecule has 0 saturated carbocycles. The summed E-state index contributed by atoms with van der Waals surface area (Å²) in [5.74, 6) is -0.958. The summed E-state index contributed by atoms with van der Waals surface area (Å²) < 4.78 is 0. The molecular weight excluding hydrogens is 250 g/mol. The predicted molar refractivity (Wildman–Crippen MR) is 72.2 cm³/mol. The average molecular weight is 269 g/mol. The molecule has 1 unspecified atom stereocenters. The van der Waals surface area contributed by atoms with Gasteiger partial charge in [0.1, 0.15) is 0 Å². The van der Waals surface area contributed by atoms with Crippen LogP contribution in [-0.4, -0.2) is 34.5 Å². The number of carboxylic acids is 1. The summed E-state index contributed by atoms with van der Waals surface area (Å²) in [6.45, 7) is 8.03. The second-order valence-corrected chi connectivity index (χ2v) is 5.83. The van der Waals surface area contributed by atoms with Gasteiger partial charge >= 0.3 is 5.97 Å². The Labute approximate surface area is 111 Å². The highest BCUT2D eigenvalue weighted by Gasteiger charge is 2.23. The Kier molecular flexibility index (Phi) is 4.90. The Balaban J connectivity index is 2.92. The van der Waals surface area contributed by atoms with Crippen LogP contribution in [0.3, 0.4) is 0 Å². The molecule has 1 aromatic rings. The molecule has 0 aliphatic carbocycles. The molecule has 1 amide bonds. The van der Waals surface area contributed by atoms with Crippen LogP contribution in [0.4, 0.5) is 0 Å². The zero-order chi connectivity index (χ0) is 13.9. The number of thiophene rings is 1. The summed E-state index contributed by atoms with van der Waals surface area (Å²) in [7, 11) is 0. The van der Waals surface area contributed by atoms with Crippen molar-refractivity contribution in [1.82, 2.24) is 4.90 Å². The van der Waals surface area contributed by atoms with Gasteiger partial charge in [0.2, 0.25) is 0 Å². The number of aliphatic carboxylic acids is 1.